The standard InChI is InChI=1S/C13H15BrN4/c1-9(8-15)16-13-7-6-12(17-18-13)10-2-4-11(14)5-3-10/h2-7,9H,8,15H2,1H3,(H,16,18). The smallest absolute Gasteiger partial charge is 0.148 e. The zero-order valence-electron chi connectivity index (χ0n) is 10.1. The van der Waals surface area contributed by atoms with Gasteiger partial charge in [-0.05, 0) is 31.2 Å². The van der Waals surface area contributed by atoms with Crippen molar-refractivity contribution in [2.24, 2.45) is 5.73 Å². The van der Waals surface area contributed by atoms with Crippen LogP contribution in [0.25, 0.3) is 11.3 Å². The van der Waals surface area contributed by atoms with Crippen molar-refractivity contribution in [1.82, 2.24) is 10.2 Å². The Bertz CT molecular complexity index is 495. The lowest BCUT2D eigenvalue weighted by Gasteiger charge is -2.11. The Hall–Kier alpha value is -1.46. The number of nitrogens with zero attached hydrogens (tertiary/aromatic N) is 2. The molecule has 0 amide bonds. The number of hydrogen-bond acceptors (Lipinski definition) is 4. The SMILES string of the molecule is CC(CN)Nc1ccc(-c2ccc(Br)cc2)nn1. The van der Waals surface area contributed by atoms with Gasteiger partial charge in [0.15, 0.2) is 0 Å². The minimum atomic E-state index is 0.192. The van der Waals surface area contributed by atoms with Crippen LogP contribution in [0.15, 0.2) is 40.9 Å². The third-order valence-corrected chi connectivity index (χ3v) is 3.08. The maximum absolute atomic E-state index is 5.54. The second-order valence-corrected chi connectivity index (χ2v) is 5.01. The summed E-state index contributed by atoms with van der Waals surface area (Å²) in [4.78, 5) is 0. The van der Waals surface area contributed by atoms with Gasteiger partial charge in [0.05, 0.1) is 5.69 Å². The van der Waals surface area contributed by atoms with Gasteiger partial charge in [0, 0.05) is 22.6 Å². The van der Waals surface area contributed by atoms with Crippen LogP contribution in [0.1, 0.15) is 6.92 Å². The Morgan fingerprint density at radius 2 is 1.89 bits per heavy atom. The van der Waals surface area contributed by atoms with E-state index >= 15 is 0 Å². The molecule has 1 aromatic heterocycles. The van der Waals surface area contributed by atoms with Crippen molar-refractivity contribution in [2.45, 2.75) is 13.0 Å². The number of halogens is 1. The Balaban J connectivity index is 2.14. The van der Waals surface area contributed by atoms with Crippen LogP contribution in [0.2, 0.25) is 0 Å². The van der Waals surface area contributed by atoms with E-state index in [1.807, 2.05) is 43.3 Å². The summed E-state index contributed by atoms with van der Waals surface area (Å²) in [6, 6.07) is 12.0. The number of nitrogens with two attached hydrogens (primary N) is 1. The van der Waals surface area contributed by atoms with Gasteiger partial charge in [0.25, 0.3) is 0 Å². The van der Waals surface area contributed by atoms with Crippen molar-refractivity contribution in [2.75, 3.05) is 11.9 Å². The zero-order valence-corrected chi connectivity index (χ0v) is 11.7. The molecular formula is C13H15BrN4. The molecule has 0 saturated heterocycles. The highest BCUT2D eigenvalue weighted by Crippen LogP contribution is 2.19. The highest BCUT2D eigenvalue weighted by molar-refractivity contribution is 9.10. The molecule has 4 nitrogen and oxygen atoms in total. The van der Waals surface area contributed by atoms with Gasteiger partial charge in [-0.3, -0.25) is 0 Å². The molecule has 1 atom stereocenters. The Kier molecular flexibility index (Phi) is 4.28. The minimum Gasteiger partial charge on any atom is -0.365 e. The first-order valence-electron chi connectivity index (χ1n) is 5.75. The van der Waals surface area contributed by atoms with Crippen LogP contribution >= 0.6 is 15.9 Å². The number of anilines is 1. The van der Waals surface area contributed by atoms with E-state index in [4.69, 9.17) is 5.73 Å². The number of rotatable bonds is 4. The van der Waals surface area contributed by atoms with E-state index in [1.54, 1.807) is 0 Å². The van der Waals surface area contributed by atoms with E-state index < -0.39 is 0 Å². The van der Waals surface area contributed by atoms with Crippen molar-refractivity contribution < 1.29 is 0 Å². The van der Waals surface area contributed by atoms with Crippen LogP contribution in [0.4, 0.5) is 5.82 Å². The lowest BCUT2D eigenvalue weighted by Crippen LogP contribution is -2.25. The molecule has 0 aliphatic rings. The van der Waals surface area contributed by atoms with Gasteiger partial charge in [-0.1, -0.05) is 28.1 Å². The number of hydrogen-bond donors (Lipinski definition) is 2. The van der Waals surface area contributed by atoms with E-state index in [0.29, 0.717) is 6.54 Å². The van der Waals surface area contributed by atoms with Gasteiger partial charge >= 0.3 is 0 Å². The van der Waals surface area contributed by atoms with Crippen molar-refractivity contribution in [3.8, 4) is 11.3 Å². The van der Waals surface area contributed by atoms with E-state index in [0.717, 1.165) is 21.5 Å². The summed E-state index contributed by atoms with van der Waals surface area (Å²) in [7, 11) is 0. The molecule has 0 bridgehead atoms. The van der Waals surface area contributed by atoms with Crippen molar-refractivity contribution in [1.29, 1.82) is 0 Å². The summed E-state index contributed by atoms with van der Waals surface area (Å²) in [5.41, 5.74) is 7.44. The first-order chi connectivity index (χ1) is 8.69. The molecule has 3 N–H and O–H groups in total. The third kappa shape index (κ3) is 3.27. The fraction of sp³-hybridized carbons (Fsp3) is 0.231. The predicted molar refractivity (Wildman–Crippen MR) is 77.3 cm³/mol. The first-order valence-corrected chi connectivity index (χ1v) is 6.54. The number of benzene rings is 1. The van der Waals surface area contributed by atoms with Crippen molar-refractivity contribution >= 4 is 21.7 Å². The molecule has 18 heavy (non-hydrogen) atoms. The van der Waals surface area contributed by atoms with Gasteiger partial charge in [-0.25, -0.2) is 0 Å². The average molecular weight is 307 g/mol. The quantitative estimate of drug-likeness (QED) is 0.911. The maximum atomic E-state index is 5.54. The van der Waals surface area contributed by atoms with E-state index in [1.165, 1.54) is 0 Å². The molecule has 0 saturated carbocycles. The van der Waals surface area contributed by atoms with Crippen LogP contribution in [-0.4, -0.2) is 22.8 Å². The van der Waals surface area contributed by atoms with Crippen molar-refractivity contribution in [3.05, 3.63) is 40.9 Å². The topological polar surface area (TPSA) is 63.8 Å². The van der Waals surface area contributed by atoms with Crippen molar-refractivity contribution in [3.63, 3.8) is 0 Å². The lowest BCUT2D eigenvalue weighted by atomic mass is 10.1. The van der Waals surface area contributed by atoms with Crippen LogP contribution < -0.4 is 11.1 Å². The number of aromatic nitrogens is 2. The summed E-state index contributed by atoms with van der Waals surface area (Å²) in [5.74, 6) is 0.744. The molecule has 2 aromatic rings. The normalized spacial score (nSPS) is 12.2. The molecule has 0 spiro atoms. The van der Waals surface area contributed by atoms with E-state index in [2.05, 4.69) is 31.4 Å². The second kappa shape index (κ2) is 5.93. The van der Waals surface area contributed by atoms with Crippen LogP contribution in [0.5, 0.6) is 0 Å². The Morgan fingerprint density at radius 1 is 1.17 bits per heavy atom. The molecule has 0 aliphatic heterocycles. The fourth-order valence-electron chi connectivity index (χ4n) is 1.50. The third-order valence-electron chi connectivity index (χ3n) is 2.55. The fourth-order valence-corrected chi connectivity index (χ4v) is 1.76. The van der Waals surface area contributed by atoms with Gasteiger partial charge in [0.1, 0.15) is 5.82 Å². The minimum absolute atomic E-state index is 0.192. The number of nitrogens with one attached hydrogen (secondary N) is 1. The van der Waals surface area contributed by atoms with Crippen LogP contribution in [-0.2, 0) is 0 Å². The Morgan fingerprint density at radius 3 is 2.44 bits per heavy atom. The molecule has 1 unspecified atom stereocenters. The van der Waals surface area contributed by atoms with E-state index in [-0.39, 0.29) is 6.04 Å². The van der Waals surface area contributed by atoms with Crippen LogP contribution in [0.3, 0.4) is 0 Å². The van der Waals surface area contributed by atoms with Gasteiger partial charge in [-0.2, -0.15) is 0 Å². The molecule has 0 radical (unpaired) electrons. The molecular weight excluding hydrogens is 292 g/mol. The zero-order chi connectivity index (χ0) is 13.0. The Labute approximate surface area is 115 Å². The summed E-state index contributed by atoms with van der Waals surface area (Å²) in [6.45, 7) is 2.57. The summed E-state index contributed by atoms with van der Waals surface area (Å²) >= 11 is 3.41. The molecule has 1 aromatic carbocycles. The second-order valence-electron chi connectivity index (χ2n) is 4.09. The first kappa shape index (κ1) is 13.0. The van der Waals surface area contributed by atoms with Gasteiger partial charge in [0.2, 0.25) is 0 Å². The molecule has 1 heterocycles. The maximum Gasteiger partial charge on any atom is 0.148 e. The molecule has 2 rings (SSSR count). The summed E-state index contributed by atoms with van der Waals surface area (Å²) in [5, 5.41) is 11.5. The molecule has 5 heteroatoms. The lowest BCUT2D eigenvalue weighted by molar-refractivity contribution is 0.792. The van der Waals surface area contributed by atoms with Gasteiger partial charge in [-0.15, -0.1) is 10.2 Å². The molecule has 94 valence electrons. The van der Waals surface area contributed by atoms with Gasteiger partial charge < -0.3 is 11.1 Å². The monoisotopic (exact) mass is 306 g/mol. The average Bonchev–Trinajstić information content (AvgIpc) is 2.40. The summed E-state index contributed by atoms with van der Waals surface area (Å²) < 4.78 is 1.05. The highest BCUT2D eigenvalue weighted by Gasteiger charge is 2.03. The summed E-state index contributed by atoms with van der Waals surface area (Å²) in [6.07, 6.45) is 0. The largest absolute Gasteiger partial charge is 0.365 e. The molecule has 0 aliphatic carbocycles. The highest BCUT2D eigenvalue weighted by atomic mass is 79.9. The van der Waals surface area contributed by atoms with Crippen LogP contribution in [0, 0.1) is 0 Å². The predicted octanol–water partition coefficient (Wildman–Crippen LogP) is 2.67. The molecule has 0 fully saturated rings. The van der Waals surface area contributed by atoms with E-state index in [9.17, 15) is 0 Å².